The molecule has 4 nitrogen and oxygen atoms in total. The Kier molecular flexibility index (Phi) is 5.91. The summed E-state index contributed by atoms with van der Waals surface area (Å²) < 4.78 is 11.3. The van der Waals surface area contributed by atoms with Crippen molar-refractivity contribution in [2.24, 2.45) is 5.73 Å². The summed E-state index contributed by atoms with van der Waals surface area (Å²) in [6.45, 7) is 2.33. The predicted octanol–water partition coefficient (Wildman–Crippen LogP) is 1.85. The van der Waals surface area contributed by atoms with E-state index in [1.165, 1.54) is 7.11 Å². The molecule has 0 spiro atoms. The number of ether oxygens (including phenoxy) is 2. The molecule has 1 aromatic rings. The molecule has 0 bridgehead atoms. The maximum Gasteiger partial charge on any atom is 0.124 e. The van der Waals surface area contributed by atoms with Crippen molar-refractivity contribution >= 4 is 15.9 Å². The second kappa shape index (κ2) is 6.96. The molecule has 5 heteroatoms. The fourth-order valence-electron chi connectivity index (χ4n) is 1.43. The van der Waals surface area contributed by atoms with Gasteiger partial charge in [-0.3, -0.25) is 0 Å². The zero-order valence-electron chi connectivity index (χ0n) is 10.0. The Hall–Kier alpha value is -0.620. The van der Waals surface area contributed by atoms with Crippen LogP contribution in [-0.4, -0.2) is 31.5 Å². The topological polar surface area (TPSA) is 64.7 Å². The van der Waals surface area contributed by atoms with E-state index in [9.17, 15) is 5.11 Å². The van der Waals surface area contributed by atoms with Crippen LogP contribution in [0.4, 0.5) is 0 Å². The first-order chi connectivity index (χ1) is 8.04. The Bertz CT molecular complexity index is 358. The molecular formula is C12H18BrNO3. The van der Waals surface area contributed by atoms with E-state index >= 15 is 0 Å². The Labute approximate surface area is 110 Å². The molecule has 2 atom stereocenters. The minimum atomic E-state index is -0.635. The molecular weight excluding hydrogens is 286 g/mol. The van der Waals surface area contributed by atoms with Gasteiger partial charge in [0.25, 0.3) is 0 Å². The zero-order valence-corrected chi connectivity index (χ0v) is 11.6. The maximum absolute atomic E-state index is 9.50. The number of benzene rings is 1. The van der Waals surface area contributed by atoms with Crippen LogP contribution in [0.3, 0.4) is 0 Å². The number of hydrogen-bond acceptors (Lipinski definition) is 4. The fraction of sp³-hybridized carbons (Fsp3) is 0.500. The van der Waals surface area contributed by atoms with Crippen LogP contribution in [0.15, 0.2) is 22.7 Å². The molecule has 0 amide bonds. The number of aliphatic hydroxyl groups is 1. The Morgan fingerprint density at radius 3 is 2.71 bits per heavy atom. The lowest BCUT2D eigenvalue weighted by Crippen LogP contribution is -2.23. The van der Waals surface area contributed by atoms with Gasteiger partial charge in [-0.05, 0) is 25.1 Å². The zero-order chi connectivity index (χ0) is 12.8. The van der Waals surface area contributed by atoms with Gasteiger partial charge in [-0.15, -0.1) is 0 Å². The molecule has 0 saturated heterocycles. The van der Waals surface area contributed by atoms with Gasteiger partial charge in [0, 0.05) is 23.2 Å². The van der Waals surface area contributed by atoms with E-state index in [4.69, 9.17) is 15.2 Å². The normalized spacial score (nSPS) is 14.4. The summed E-state index contributed by atoms with van der Waals surface area (Å²) in [4.78, 5) is 0. The Morgan fingerprint density at radius 2 is 2.12 bits per heavy atom. The SMILES string of the molecule is COCC(O)COc1ccc(Br)cc1[C@H](C)N. The molecule has 1 rings (SSSR count). The van der Waals surface area contributed by atoms with Crippen LogP contribution in [0, 0.1) is 0 Å². The molecule has 0 heterocycles. The van der Waals surface area contributed by atoms with E-state index in [1.54, 1.807) is 0 Å². The van der Waals surface area contributed by atoms with Gasteiger partial charge in [0.1, 0.15) is 18.5 Å². The van der Waals surface area contributed by atoms with E-state index in [2.05, 4.69) is 15.9 Å². The third kappa shape index (κ3) is 4.63. The van der Waals surface area contributed by atoms with E-state index in [0.717, 1.165) is 10.0 Å². The molecule has 0 aromatic heterocycles. The molecule has 17 heavy (non-hydrogen) atoms. The van der Waals surface area contributed by atoms with Gasteiger partial charge in [-0.25, -0.2) is 0 Å². The summed E-state index contributed by atoms with van der Waals surface area (Å²) in [7, 11) is 1.54. The van der Waals surface area contributed by atoms with Gasteiger partial charge in [0.2, 0.25) is 0 Å². The van der Waals surface area contributed by atoms with E-state index in [0.29, 0.717) is 5.75 Å². The molecule has 1 unspecified atom stereocenters. The summed E-state index contributed by atoms with van der Waals surface area (Å²) >= 11 is 3.39. The Balaban J connectivity index is 2.70. The van der Waals surface area contributed by atoms with Crippen molar-refractivity contribution in [3.05, 3.63) is 28.2 Å². The minimum absolute atomic E-state index is 0.123. The van der Waals surface area contributed by atoms with Crippen molar-refractivity contribution in [1.82, 2.24) is 0 Å². The second-order valence-corrected chi connectivity index (χ2v) is 4.81. The van der Waals surface area contributed by atoms with Gasteiger partial charge in [0.15, 0.2) is 0 Å². The number of rotatable bonds is 6. The number of methoxy groups -OCH3 is 1. The van der Waals surface area contributed by atoms with Crippen molar-refractivity contribution in [3.8, 4) is 5.75 Å². The first kappa shape index (κ1) is 14.4. The fourth-order valence-corrected chi connectivity index (χ4v) is 1.81. The highest BCUT2D eigenvalue weighted by Gasteiger charge is 2.11. The van der Waals surface area contributed by atoms with Crippen LogP contribution in [0.2, 0.25) is 0 Å². The van der Waals surface area contributed by atoms with Crippen LogP contribution >= 0.6 is 15.9 Å². The van der Waals surface area contributed by atoms with Crippen LogP contribution in [-0.2, 0) is 4.74 Å². The van der Waals surface area contributed by atoms with Crippen LogP contribution in [0.5, 0.6) is 5.75 Å². The smallest absolute Gasteiger partial charge is 0.124 e. The summed E-state index contributed by atoms with van der Waals surface area (Å²) in [6, 6.07) is 5.51. The first-order valence-corrected chi connectivity index (χ1v) is 6.18. The average molecular weight is 304 g/mol. The molecule has 3 N–H and O–H groups in total. The van der Waals surface area contributed by atoms with E-state index in [-0.39, 0.29) is 19.3 Å². The number of halogens is 1. The lowest BCUT2D eigenvalue weighted by atomic mass is 10.1. The molecule has 0 radical (unpaired) electrons. The summed E-state index contributed by atoms with van der Waals surface area (Å²) in [5.74, 6) is 0.693. The van der Waals surface area contributed by atoms with Crippen molar-refractivity contribution in [3.63, 3.8) is 0 Å². The first-order valence-electron chi connectivity index (χ1n) is 5.39. The van der Waals surface area contributed by atoms with Gasteiger partial charge < -0.3 is 20.3 Å². The number of hydrogen-bond donors (Lipinski definition) is 2. The van der Waals surface area contributed by atoms with Crippen LogP contribution in [0.1, 0.15) is 18.5 Å². The molecule has 0 aliphatic heterocycles. The van der Waals surface area contributed by atoms with Crippen LogP contribution < -0.4 is 10.5 Å². The van der Waals surface area contributed by atoms with Crippen molar-refractivity contribution in [2.45, 2.75) is 19.1 Å². The third-order valence-corrected chi connectivity index (χ3v) is 2.75. The monoisotopic (exact) mass is 303 g/mol. The quantitative estimate of drug-likeness (QED) is 0.842. The van der Waals surface area contributed by atoms with Gasteiger partial charge in [0.05, 0.1) is 6.61 Å². The van der Waals surface area contributed by atoms with Crippen molar-refractivity contribution in [1.29, 1.82) is 0 Å². The lowest BCUT2D eigenvalue weighted by molar-refractivity contribution is 0.0322. The molecule has 96 valence electrons. The second-order valence-electron chi connectivity index (χ2n) is 3.89. The van der Waals surface area contributed by atoms with E-state index in [1.807, 2.05) is 25.1 Å². The highest BCUT2D eigenvalue weighted by molar-refractivity contribution is 9.10. The standard InChI is InChI=1S/C12H18BrNO3/c1-8(14)11-5-9(13)3-4-12(11)17-7-10(15)6-16-2/h3-5,8,10,15H,6-7,14H2,1-2H3/t8-,10?/m0/s1. The molecule has 0 aliphatic carbocycles. The molecule has 0 saturated carbocycles. The van der Waals surface area contributed by atoms with Crippen LogP contribution in [0.25, 0.3) is 0 Å². The van der Waals surface area contributed by atoms with Crippen molar-refractivity contribution in [2.75, 3.05) is 20.3 Å². The van der Waals surface area contributed by atoms with E-state index < -0.39 is 6.10 Å². The van der Waals surface area contributed by atoms with Gasteiger partial charge >= 0.3 is 0 Å². The third-order valence-electron chi connectivity index (χ3n) is 2.25. The van der Waals surface area contributed by atoms with Gasteiger partial charge in [-0.2, -0.15) is 0 Å². The number of nitrogens with two attached hydrogens (primary N) is 1. The molecule has 0 fully saturated rings. The minimum Gasteiger partial charge on any atom is -0.490 e. The van der Waals surface area contributed by atoms with Gasteiger partial charge in [-0.1, -0.05) is 15.9 Å². The highest BCUT2D eigenvalue weighted by Crippen LogP contribution is 2.27. The molecule has 1 aromatic carbocycles. The summed E-state index contributed by atoms with van der Waals surface area (Å²) in [6.07, 6.45) is -0.635. The van der Waals surface area contributed by atoms with Crippen molar-refractivity contribution < 1.29 is 14.6 Å². The average Bonchev–Trinajstić information content (AvgIpc) is 2.27. The lowest BCUT2D eigenvalue weighted by Gasteiger charge is -2.16. The number of aliphatic hydroxyl groups excluding tert-OH is 1. The summed E-state index contributed by atoms with van der Waals surface area (Å²) in [5.41, 5.74) is 6.77. The molecule has 0 aliphatic rings. The summed E-state index contributed by atoms with van der Waals surface area (Å²) in [5, 5.41) is 9.50. The highest BCUT2D eigenvalue weighted by atomic mass is 79.9. The largest absolute Gasteiger partial charge is 0.490 e. The predicted molar refractivity (Wildman–Crippen MR) is 70.1 cm³/mol. The Morgan fingerprint density at radius 1 is 1.41 bits per heavy atom. The maximum atomic E-state index is 9.50.